The minimum Gasteiger partial charge on any atom is -0.381 e. The Kier molecular flexibility index (Phi) is 12.6. The minimum absolute atomic E-state index is 0. The molecule has 1 aliphatic heterocycles. The van der Waals surface area contributed by atoms with Crippen LogP contribution in [0.15, 0.2) is 33.8 Å². The number of aryl methyl sites for hydroxylation is 1. The molecule has 1 aromatic carbocycles. The van der Waals surface area contributed by atoms with Gasteiger partial charge in [-0.15, -0.1) is 24.0 Å². The summed E-state index contributed by atoms with van der Waals surface area (Å²) in [6.45, 7) is 9.73. The van der Waals surface area contributed by atoms with E-state index in [1.165, 1.54) is 5.56 Å². The van der Waals surface area contributed by atoms with Crippen molar-refractivity contribution in [2.75, 3.05) is 46.1 Å². The second-order valence-corrected chi connectivity index (χ2v) is 7.66. The first-order chi connectivity index (χ1) is 15.3. The summed E-state index contributed by atoms with van der Waals surface area (Å²) in [5.74, 6) is 2.72. The van der Waals surface area contributed by atoms with Gasteiger partial charge < -0.3 is 24.6 Å². The molecule has 1 saturated heterocycles. The van der Waals surface area contributed by atoms with E-state index in [9.17, 15) is 0 Å². The lowest BCUT2D eigenvalue weighted by Gasteiger charge is -2.12. The summed E-state index contributed by atoms with van der Waals surface area (Å²) in [6.07, 6.45) is 3.71. The number of rotatable bonds is 12. The molecule has 2 aromatic rings. The second-order valence-electron chi connectivity index (χ2n) is 7.66. The van der Waals surface area contributed by atoms with Crippen LogP contribution >= 0.6 is 24.0 Å². The van der Waals surface area contributed by atoms with Gasteiger partial charge in [0.2, 0.25) is 0 Å². The van der Waals surface area contributed by atoms with E-state index in [0.29, 0.717) is 11.8 Å². The molecule has 0 aliphatic carbocycles. The van der Waals surface area contributed by atoms with Crippen LogP contribution in [0.5, 0.6) is 0 Å². The molecule has 0 amide bonds. The summed E-state index contributed by atoms with van der Waals surface area (Å²) in [5.41, 5.74) is 2.19. The SMILES string of the molecule is CCNC(=NCCCOCC1CCOC1)NCCc1ccc(-c2nc(CC)no2)cc1.I. The first-order valence-electron chi connectivity index (χ1n) is 11.4. The average molecular weight is 557 g/mol. The molecule has 1 fully saturated rings. The molecule has 2 N–H and O–H groups in total. The summed E-state index contributed by atoms with van der Waals surface area (Å²) in [7, 11) is 0. The maximum atomic E-state index is 5.74. The number of halogens is 1. The summed E-state index contributed by atoms with van der Waals surface area (Å²) < 4.78 is 16.4. The summed E-state index contributed by atoms with van der Waals surface area (Å²) in [6, 6.07) is 8.26. The Labute approximate surface area is 208 Å². The molecular weight excluding hydrogens is 521 g/mol. The van der Waals surface area contributed by atoms with Gasteiger partial charge >= 0.3 is 0 Å². The van der Waals surface area contributed by atoms with Gasteiger partial charge in [0.25, 0.3) is 5.89 Å². The van der Waals surface area contributed by atoms with Gasteiger partial charge in [-0.3, -0.25) is 4.99 Å². The van der Waals surface area contributed by atoms with Crippen LogP contribution in [0.1, 0.15) is 38.1 Å². The number of ether oxygens (including phenoxy) is 2. The van der Waals surface area contributed by atoms with E-state index >= 15 is 0 Å². The fraction of sp³-hybridized carbons (Fsp3) is 0.609. The maximum absolute atomic E-state index is 5.74. The van der Waals surface area contributed by atoms with Crippen LogP contribution in [-0.2, 0) is 22.3 Å². The third-order valence-corrected chi connectivity index (χ3v) is 5.13. The highest BCUT2D eigenvalue weighted by molar-refractivity contribution is 14.0. The van der Waals surface area contributed by atoms with Crippen LogP contribution in [0.4, 0.5) is 0 Å². The number of aliphatic imine (C=N–C) groups is 1. The number of benzene rings is 1. The molecule has 1 aliphatic rings. The summed E-state index contributed by atoms with van der Waals surface area (Å²) >= 11 is 0. The molecule has 1 unspecified atom stereocenters. The predicted octanol–water partition coefficient (Wildman–Crippen LogP) is 3.46. The van der Waals surface area contributed by atoms with E-state index < -0.39 is 0 Å². The van der Waals surface area contributed by atoms with E-state index in [1.807, 2.05) is 19.1 Å². The number of nitrogens with zero attached hydrogens (tertiary/aromatic N) is 3. The lowest BCUT2D eigenvalue weighted by Crippen LogP contribution is -2.38. The Bertz CT molecular complexity index is 791. The highest BCUT2D eigenvalue weighted by atomic mass is 127. The number of nitrogens with one attached hydrogen (secondary N) is 2. The van der Waals surface area contributed by atoms with Crippen LogP contribution in [0.2, 0.25) is 0 Å². The highest BCUT2D eigenvalue weighted by Crippen LogP contribution is 2.18. The van der Waals surface area contributed by atoms with Crippen molar-refractivity contribution < 1.29 is 14.0 Å². The van der Waals surface area contributed by atoms with Gasteiger partial charge in [0.05, 0.1) is 13.2 Å². The zero-order chi connectivity index (χ0) is 21.7. The molecule has 0 saturated carbocycles. The lowest BCUT2D eigenvalue weighted by molar-refractivity contribution is 0.0893. The predicted molar refractivity (Wildman–Crippen MR) is 137 cm³/mol. The zero-order valence-electron chi connectivity index (χ0n) is 19.1. The highest BCUT2D eigenvalue weighted by Gasteiger charge is 2.15. The van der Waals surface area contributed by atoms with Crippen LogP contribution < -0.4 is 10.6 Å². The van der Waals surface area contributed by atoms with E-state index in [-0.39, 0.29) is 24.0 Å². The van der Waals surface area contributed by atoms with Crippen molar-refractivity contribution in [2.45, 2.75) is 39.5 Å². The largest absolute Gasteiger partial charge is 0.381 e. The topological polar surface area (TPSA) is 93.8 Å². The van der Waals surface area contributed by atoms with Crippen molar-refractivity contribution in [3.63, 3.8) is 0 Å². The van der Waals surface area contributed by atoms with E-state index in [4.69, 9.17) is 14.0 Å². The van der Waals surface area contributed by atoms with Crippen molar-refractivity contribution in [3.05, 3.63) is 35.7 Å². The van der Waals surface area contributed by atoms with Gasteiger partial charge in [0.1, 0.15) is 0 Å². The minimum atomic E-state index is 0. The van der Waals surface area contributed by atoms with Crippen molar-refractivity contribution in [2.24, 2.45) is 10.9 Å². The van der Waals surface area contributed by atoms with E-state index in [2.05, 4.69) is 44.8 Å². The summed E-state index contributed by atoms with van der Waals surface area (Å²) in [5, 5.41) is 10.6. The zero-order valence-corrected chi connectivity index (χ0v) is 21.5. The molecular formula is C23H36IN5O3. The van der Waals surface area contributed by atoms with Gasteiger partial charge in [0, 0.05) is 50.8 Å². The normalized spacial score (nSPS) is 16.1. The molecule has 0 spiro atoms. The van der Waals surface area contributed by atoms with Crippen molar-refractivity contribution >= 4 is 29.9 Å². The Balaban J connectivity index is 0.00000363. The van der Waals surface area contributed by atoms with Crippen LogP contribution in [0.25, 0.3) is 11.5 Å². The van der Waals surface area contributed by atoms with Crippen LogP contribution in [0.3, 0.4) is 0 Å². The van der Waals surface area contributed by atoms with Gasteiger partial charge in [-0.05, 0) is 43.9 Å². The molecule has 32 heavy (non-hydrogen) atoms. The van der Waals surface area contributed by atoms with Crippen LogP contribution in [0, 0.1) is 5.92 Å². The number of hydrogen-bond acceptors (Lipinski definition) is 6. The Morgan fingerprint density at radius 1 is 1.22 bits per heavy atom. The van der Waals surface area contributed by atoms with Crippen molar-refractivity contribution in [3.8, 4) is 11.5 Å². The Morgan fingerprint density at radius 3 is 2.75 bits per heavy atom. The fourth-order valence-electron chi connectivity index (χ4n) is 3.32. The summed E-state index contributed by atoms with van der Waals surface area (Å²) in [4.78, 5) is 9.01. The smallest absolute Gasteiger partial charge is 0.257 e. The molecule has 178 valence electrons. The first kappa shape index (κ1) is 26.5. The van der Waals surface area contributed by atoms with Gasteiger partial charge in [0.15, 0.2) is 11.8 Å². The lowest BCUT2D eigenvalue weighted by atomic mass is 10.1. The molecule has 2 heterocycles. The third-order valence-electron chi connectivity index (χ3n) is 5.13. The molecule has 0 bridgehead atoms. The third kappa shape index (κ3) is 9.03. The molecule has 8 nitrogen and oxygen atoms in total. The number of aromatic nitrogens is 2. The van der Waals surface area contributed by atoms with E-state index in [0.717, 1.165) is 89.1 Å². The van der Waals surface area contributed by atoms with Gasteiger partial charge in [-0.1, -0.05) is 24.2 Å². The standard InChI is InChI=1S/C23H35N5O3.HI/c1-3-21-27-22(31-28-21)20-8-6-18(7-9-20)10-13-26-23(24-4-2)25-12-5-14-29-16-19-11-15-30-17-19;/h6-9,19H,3-5,10-17H2,1-2H3,(H2,24,25,26);1H. The Hall–Kier alpha value is -1.72. The number of hydrogen-bond donors (Lipinski definition) is 2. The molecule has 1 aromatic heterocycles. The first-order valence-corrected chi connectivity index (χ1v) is 11.4. The van der Waals surface area contributed by atoms with Gasteiger partial charge in [-0.25, -0.2) is 0 Å². The monoisotopic (exact) mass is 557 g/mol. The molecule has 0 radical (unpaired) electrons. The maximum Gasteiger partial charge on any atom is 0.257 e. The molecule has 9 heteroatoms. The van der Waals surface area contributed by atoms with E-state index in [1.54, 1.807) is 0 Å². The molecule has 3 rings (SSSR count). The molecule has 1 atom stereocenters. The van der Waals surface area contributed by atoms with Crippen LogP contribution in [-0.4, -0.2) is 62.2 Å². The van der Waals surface area contributed by atoms with Gasteiger partial charge in [-0.2, -0.15) is 4.98 Å². The van der Waals surface area contributed by atoms with Crippen molar-refractivity contribution in [1.82, 2.24) is 20.8 Å². The van der Waals surface area contributed by atoms with Crippen molar-refractivity contribution in [1.29, 1.82) is 0 Å². The number of guanidine groups is 1. The average Bonchev–Trinajstić information content (AvgIpc) is 3.48. The Morgan fingerprint density at radius 2 is 2.06 bits per heavy atom. The quantitative estimate of drug-likeness (QED) is 0.179. The second kappa shape index (κ2) is 15.2. The fourth-order valence-corrected chi connectivity index (χ4v) is 3.32.